The van der Waals surface area contributed by atoms with E-state index in [-0.39, 0.29) is 11.8 Å². The predicted molar refractivity (Wildman–Crippen MR) is 96.6 cm³/mol. The minimum atomic E-state index is -0.270. The van der Waals surface area contributed by atoms with E-state index in [0.29, 0.717) is 11.1 Å². The van der Waals surface area contributed by atoms with Gasteiger partial charge < -0.3 is 0 Å². The topological polar surface area (TPSA) is 49.4 Å². The van der Waals surface area contributed by atoms with E-state index in [1.165, 1.54) is 11.1 Å². The van der Waals surface area contributed by atoms with Crippen LogP contribution in [-0.4, -0.2) is 29.8 Å². The highest BCUT2D eigenvalue weighted by atomic mass is 16.2. The second kappa shape index (κ2) is 6.81. The molecule has 128 valence electrons. The number of nitrogens with zero attached hydrogens (tertiary/aromatic N) is 1. The molecule has 0 spiro atoms. The molecular formula is C21H22N2O2. The van der Waals surface area contributed by atoms with Crippen molar-refractivity contribution in [3.8, 4) is 0 Å². The second-order valence-electron chi connectivity index (χ2n) is 6.87. The third-order valence-corrected chi connectivity index (χ3v) is 5.23. The molecule has 0 aliphatic carbocycles. The Labute approximate surface area is 147 Å². The minimum absolute atomic E-state index is 0.247. The van der Waals surface area contributed by atoms with E-state index in [1.54, 1.807) is 6.07 Å². The lowest BCUT2D eigenvalue weighted by Crippen LogP contribution is -2.31. The summed E-state index contributed by atoms with van der Waals surface area (Å²) in [6, 6.07) is 14.3. The Kier molecular flexibility index (Phi) is 4.36. The van der Waals surface area contributed by atoms with Crippen LogP contribution in [0.2, 0.25) is 0 Å². The molecule has 0 unspecified atom stereocenters. The van der Waals surface area contributed by atoms with Crippen LogP contribution >= 0.6 is 0 Å². The third kappa shape index (κ3) is 3.22. The summed E-state index contributed by atoms with van der Waals surface area (Å²) >= 11 is 0. The number of amides is 2. The average molecular weight is 334 g/mol. The van der Waals surface area contributed by atoms with Gasteiger partial charge in [-0.3, -0.25) is 19.8 Å². The molecule has 0 aromatic heterocycles. The van der Waals surface area contributed by atoms with Crippen molar-refractivity contribution in [3.63, 3.8) is 0 Å². The number of fused-ring (bicyclic) bond motifs is 2. The fourth-order valence-electron chi connectivity index (χ4n) is 3.89. The molecule has 0 fully saturated rings. The zero-order chi connectivity index (χ0) is 17.2. The van der Waals surface area contributed by atoms with Gasteiger partial charge >= 0.3 is 0 Å². The highest BCUT2D eigenvalue weighted by molar-refractivity contribution is 6.22. The summed E-state index contributed by atoms with van der Waals surface area (Å²) in [7, 11) is 0. The van der Waals surface area contributed by atoms with E-state index in [9.17, 15) is 9.59 Å². The maximum atomic E-state index is 12.0. The second-order valence-corrected chi connectivity index (χ2v) is 6.87. The summed E-state index contributed by atoms with van der Waals surface area (Å²) in [6.07, 6.45) is 4.09. The Morgan fingerprint density at radius 2 is 1.76 bits per heavy atom. The number of hydrogen-bond donors (Lipinski definition) is 1. The molecule has 2 amide bonds. The summed E-state index contributed by atoms with van der Waals surface area (Å²) < 4.78 is 0. The van der Waals surface area contributed by atoms with E-state index in [0.717, 1.165) is 50.9 Å². The first-order valence-electron chi connectivity index (χ1n) is 8.99. The molecular weight excluding hydrogens is 312 g/mol. The van der Waals surface area contributed by atoms with Crippen LogP contribution in [0.1, 0.15) is 50.2 Å². The van der Waals surface area contributed by atoms with Crippen LogP contribution in [0.3, 0.4) is 0 Å². The normalized spacial score (nSPS) is 16.5. The quantitative estimate of drug-likeness (QED) is 0.675. The number of unbranched alkanes of at least 4 members (excludes halogenated alkanes) is 1. The van der Waals surface area contributed by atoms with Crippen LogP contribution in [0.15, 0.2) is 42.5 Å². The van der Waals surface area contributed by atoms with Crippen LogP contribution in [0.5, 0.6) is 0 Å². The summed E-state index contributed by atoms with van der Waals surface area (Å²) in [4.78, 5) is 26.2. The number of aryl methyl sites for hydroxylation is 1. The van der Waals surface area contributed by atoms with Crippen molar-refractivity contribution in [2.45, 2.75) is 32.2 Å². The van der Waals surface area contributed by atoms with Crippen molar-refractivity contribution in [2.75, 3.05) is 13.1 Å². The minimum Gasteiger partial charge on any atom is -0.299 e. The number of imide groups is 1. The molecule has 0 bridgehead atoms. The molecule has 0 saturated carbocycles. The van der Waals surface area contributed by atoms with E-state index >= 15 is 0 Å². The Hall–Kier alpha value is -2.46. The van der Waals surface area contributed by atoms with Gasteiger partial charge in [-0.1, -0.05) is 36.4 Å². The van der Waals surface area contributed by atoms with Gasteiger partial charge in [0, 0.05) is 13.1 Å². The molecule has 25 heavy (non-hydrogen) atoms. The number of rotatable bonds is 5. The van der Waals surface area contributed by atoms with E-state index in [2.05, 4.69) is 34.5 Å². The lowest BCUT2D eigenvalue weighted by Gasteiger charge is -2.28. The van der Waals surface area contributed by atoms with Crippen LogP contribution in [0.25, 0.3) is 0 Å². The van der Waals surface area contributed by atoms with Gasteiger partial charge in [0.25, 0.3) is 11.8 Å². The fraction of sp³-hybridized carbons (Fsp3) is 0.333. The largest absolute Gasteiger partial charge is 0.299 e. The number of benzene rings is 2. The van der Waals surface area contributed by atoms with Gasteiger partial charge in [0.2, 0.25) is 0 Å². The Bertz CT molecular complexity index is 828. The van der Waals surface area contributed by atoms with Crippen LogP contribution in [-0.2, 0) is 19.4 Å². The maximum absolute atomic E-state index is 12.0. The lowest BCUT2D eigenvalue weighted by atomic mass is 9.97. The molecule has 2 heterocycles. The van der Waals surface area contributed by atoms with Gasteiger partial charge in [-0.2, -0.15) is 0 Å². The van der Waals surface area contributed by atoms with Crippen molar-refractivity contribution in [3.05, 3.63) is 70.3 Å². The number of nitrogens with one attached hydrogen (secondary N) is 1. The molecule has 0 atom stereocenters. The van der Waals surface area contributed by atoms with Crippen molar-refractivity contribution in [1.82, 2.24) is 10.2 Å². The first-order chi connectivity index (χ1) is 12.2. The number of carbonyl (C=O) groups excluding carboxylic acids is 2. The molecule has 2 aromatic rings. The zero-order valence-corrected chi connectivity index (χ0v) is 14.3. The molecule has 4 heteroatoms. The maximum Gasteiger partial charge on any atom is 0.259 e. The Morgan fingerprint density at radius 3 is 2.64 bits per heavy atom. The highest BCUT2D eigenvalue weighted by Crippen LogP contribution is 2.22. The molecule has 4 rings (SSSR count). The molecule has 4 nitrogen and oxygen atoms in total. The average Bonchev–Trinajstić information content (AvgIpc) is 2.93. The van der Waals surface area contributed by atoms with Gasteiger partial charge in [0.05, 0.1) is 11.1 Å². The van der Waals surface area contributed by atoms with Crippen molar-refractivity contribution in [1.29, 1.82) is 0 Å². The SMILES string of the molecule is O=C1NC(=O)c2c(CCCCN3CCc4ccccc4C3)cccc21. The summed E-state index contributed by atoms with van der Waals surface area (Å²) in [6.45, 7) is 3.23. The van der Waals surface area contributed by atoms with Gasteiger partial charge in [-0.15, -0.1) is 0 Å². The summed E-state index contributed by atoms with van der Waals surface area (Å²) in [5, 5.41) is 2.39. The smallest absolute Gasteiger partial charge is 0.259 e. The molecule has 1 N–H and O–H groups in total. The molecule has 2 aromatic carbocycles. The number of hydrogen-bond acceptors (Lipinski definition) is 3. The van der Waals surface area contributed by atoms with Crippen LogP contribution in [0, 0.1) is 0 Å². The van der Waals surface area contributed by atoms with E-state index in [4.69, 9.17) is 0 Å². The summed E-state index contributed by atoms with van der Waals surface area (Å²) in [5.41, 5.74) is 5.03. The van der Waals surface area contributed by atoms with Crippen LogP contribution < -0.4 is 5.32 Å². The van der Waals surface area contributed by atoms with E-state index < -0.39 is 0 Å². The molecule has 2 aliphatic rings. The highest BCUT2D eigenvalue weighted by Gasteiger charge is 2.28. The predicted octanol–water partition coefficient (Wildman–Crippen LogP) is 2.95. The molecule has 2 aliphatic heterocycles. The summed E-state index contributed by atoms with van der Waals surface area (Å²) in [5.74, 6) is -0.517. The van der Waals surface area contributed by atoms with Crippen molar-refractivity contribution in [2.24, 2.45) is 0 Å². The van der Waals surface area contributed by atoms with Crippen molar-refractivity contribution < 1.29 is 9.59 Å². The Morgan fingerprint density at radius 1 is 0.920 bits per heavy atom. The van der Waals surface area contributed by atoms with Gasteiger partial charge in [-0.25, -0.2) is 0 Å². The third-order valence-electron chi connectivity index (χ3n) is 5.23. The monoisotopic (exact) mass is 334 g/mol. The lowest BCUT2D eigenvalue weighted by molar-refractivity contribution is 0.0879. The number of carbonyl (C=O) groups is 2. The van der Waals surface area contributed by atoms with Gasteiger partial charge in [-0.05, 0) is 55.0 Å². The Balaban J connectivity index is 1.31. The fourth-order valence-corrected chi connectivity index (χ4v) is 3.89. The van der Waals surface area contributed by atoms with Gasteiger partial charge in [0.1, 0.15) is 0 Å². The first-order valence-corrected chi connectivity index (χ1v) is 8.99. The van der Waals surface area contributed by atoms with Crippen LogP contribution in [0.4, 0.5) is 0 Å². The zero-order valence-electron chi connectivity index (χ0n) is 14.3. The first kappa shape index (κ1) is 16.0. The molecule has 0 radical (unpaired) electrons. The van der Waals surface area contributed by atoms with Crippen molar-refractivity contribution >= 4 is 11.8 Å². The van der Waals surface area contributed by atoms with E-state index in [1.807, 2.05) is 12.1 Å². The van der Waals surface area contributed by atoms with Gasteiger partial charge in [0.15, 0.2) is 0 Å². The standard InChI is InChI=1S/C21H22N2O2/c24-20-18-10-5-9-16(19(18)21(25)22-20)7-3-4-12-23-13-11-15-6-1-2-8-17(15)14-23/h1-2,5-6,8-10H,3-4,7,11-14H2,(H,22,24,25). The molecule has 0 saturated heterocycles.